The summed E-state index contributed by atoms with van der Waals surface area (Å²) in [4.78, 5) is 4.92. The number of hydrogen-bond acceptors (Lipinski definition) is 3. The van der Waals surface area contributed by atoms with E-state index in [0.29, 0.717) is 5.89 Å². The highest BCUT2D eigenvalue weighted by molar-refractivity contribution is 6.18. The zero-order chi connectivity index (χ0) is 36.3. The third-order valence-electron chi connectivity index (χ3n) is 11.0. The van der Waals surface area contributed by atoms with Crippen molar-refractivity contribution in [3.05, 3.63) is 211 Å². The summed E-state index contributed by atoms with van der Waals surface area (Å²) < 4.78 is 13.0. The molecule has 2 aromatic heterocycles. The van der Waals surface area contributed by atoms with Gasteiger partial charge in [0.1, 0.15) is 16.7 Å². The van der Waals surface area contributed by atoms with E-state index in [1.165, 1.54) is 38.9 Å². The predicted octanol–water partition coefficient (Wildman–Crippen LogP) is 14.2. The van der Waals surface area contributed by atoms with Crippen LogP contribution in [0.4, 0.5) is 0 Å². The molecule has 3 nitrogen and oxygen atoms in total. The highest BCUT2D eigenvalue weighted by Gasteiger charge is 2.21. The molecule has 0 aliphatic carbocycles. The molecule has 0 saturated heterocycles. The van der Waals surface area contributed by atoms with Gasteiger partial charge in [0.2, 0.25) is 5.89 Å². The molecule has 0 amide bonds. The molecule has 0 aliphatic heterocycles. The van der Waals surface area contributed by atoms with Gasteiger partial charge in [0.25, 0.3) is 0 Å². The molecular weight excluding hydrogens is 671 g/mol. The largest absolute Gasteiger partial charge is 0.456 e. The van der Waals surface area contributed by atoms with Crippen molar-refractivity contribution in [2.45, 2.75) is 5.92 Å². The Morgan fingerprint density at radius 3 is 1.76 bits per heavy atom. The fraction of sp³-hybridized carbons (Fsp3) is 0.0192. The van der Waals surface area contributed by atoms with Gasteiger partial charge in [0.15, 0.2) is 5.58 Å². The number of benzene rings is 9. The summed E-state index contributed by atoms with van der Waals surface area (Å²) in [6.45, 7) is 0. The number of hydrogen-bond donors (Lipinski definition) is 0. The Balaban J connectivity index is 1.10. The number of furan rings is 1. The van der Waals surface area contributed by atoms with Gasteiger partial charge in [-0.05, 0) is 91.5 Å². The Labute approximate surface area is 317 Å². The van der Waals surface area contributed by atoms with Gasteiger partial charge < -0.3 is 8.83 Å². The van der Waals surface area contributed by atoms with E-state index in [4.69, 9.17) is 13.8 Å². The first-order valence-electron chi connectivity index (χ1n) is 18.7. The average Bonchev–Trinajstić information content (AvgIpc) is 3.86. The molecule has 0 fully saturated rings. The van der Waals surface area contributed by atoms with Crippen molar-refractivity contribution in [1.29, 1.82) is 0 Å². The van der Waals surface area contributed by atoms with Gasteiger partial charge in [-0.25, -0.2) is 4.98 Å². The SMILES string of the molecule is c1ccc(-c2nc3ccc4ccc5ccc(C(c6ccc(-c7ccccc7-c7ccccc7)cc6)c6ccc7c(c6)oc6ccccc67)cc5c4c3o2)cc1. The van der Waals surface area contributed by atoms with Crippen molar-refractivity contribution in [3.63, 3.8) is 0 Å². The van der Waals surface area contributed by atoms with E-state index in [1.54, 1.807) is 0 Å². The number of oxazole rings is 1. The number of para-hydroxylation sites is 1. The Kier molecular flexibility index (Phi) is 7.24. The lowest BCUT2D eigenvalue weighted by Crippen LogP contribution is -2.04. The van der Waals surface area contributed by atoms with Crippen LogP contribution in [-0.4, -0.2) is 4.98 Å². The highest BCUT2D eigenvalue weighted by Crippen LogP contribution is 2.41. The van der Waals surface area contributed by atoms with Gasteiger partial charge in [-0.3, -0.25) is 0 Å². The summed E-state index contributed by atoms with van der Waals surface area (Å²) in [6, 6.07) is 69.0. The van der Waals surface area contributed by atoms with Crippen LogP contribution in [0.1, 0.15) is 22.6 Å². The fourth-order valence-corrected chi connectivity index (χ4v) is 8.38. The second kappa shape index (κ2) is 12.7. The zero-order valence-electron chi connectivity index (χ0n) is 29.8. The molecule has 0 N–H and O–H groups in total. The minimum absolute atomic E-state index is 0.0653. The van der Waals surface area contributed by atoms with Crippen LogP contribution >= 0.6 is 0 Å². The van der Waals surface area contributed by atoms with Gasteiger partial charge >= 0.3 is 0 Å². The Morgan fingerprint density at radius 2 is 0.964 bits per heavy atom. The lowest BCUT2D eigenvalue weighted by atomic mass is 9.83. The molecule has 0 bridgehead atoms. The summed E-state index contributed by atoms with van der Waals surface area (Å²) in [7, 11) is 0. The molecule has 9 aromatic carbocycles. The van der Waals surface area contributed by atoms with Crippen LogP contribution in [-0.2, 0) is 0 Å². The monoisotopic (exact) mass is 703 g/mol. The number of aromatic nitrogens is 1. The number of rotatable bonds is 6. The summed E-state index contributed by atoms with van der Waals surface area (Å²) in [5.74, 6) is 0.562. The van der Waals surface area contributed by atoms with Crippen LogP contribution in [0, 0.1) is 0 Å². The maximum absolute atomic E-state index is 6.60. The van der Waals surface area contributed by atoms with Crippen LogP contribution in [0.15, 0.2) is 203 Å². The van der Waals surface area contributed by atoms with Crippen molar-refractivity contribution in [1.82, 2.24) is 4.98 Å². The number of fused-ring (bicyclic) bond motifs is 8. The summed E-state index contributed by atoms with van der Waals surface area (Å²) in [5.41, 5.74) is 12.8. The van der Waals surface area contributed by atoms with Crippen LogP contribution < -0.4 is 0 Å². The van der Waals surface area contributed by atoms with Crippen LogP contribution in [0.2, 0.25) is 0 Å². The molecule has 258 valence electrons. The zero-order valence-corrected chi connectivity index (χ0v) is 29.8. The maximum atomic E-state index is 6.60. The van der Waals surface area contributed by atoms with Crippen LogP contribution in [0.25, 0.3) is 88.3 Å². The summed E-state index contributed by atoms with van der Waals surface area (Å²) in [6.07, 6.45) is 0. The van der Waals surface area contributed by atoms with E-state index in [1.807, 2.05) is 42.5 Å². The predicted molar refractivity (Wildman–Crippen MR) is 226 cm³/mol. The molecule has 0 radical (unpaired) electrons. The standard InChI is InChI=1S/C52H33NO2/c1-3-11-33(12-4-1)41-15-7-8-16-42(41)34-19-23-36(24-20-34)49(40-27-29-44-43-17-9-10-18-47(43)54-48(44)32-40)39-26-22-35-21-25-37-28-30-46-51(50(37)45(35)31-39)55-52(53-46)38-13-5-2-6-14-38/h1-32,49H. The van der Waals surface area contributed by atoms with Gasteiger partial charge in [0.05, 0.1) is 0 Å². The van der Waals surface area contributed by atoms with Crippen LogP contribution in [0.5, 0.6) is 0 Å². The average molecular weight is 704 g/mol. The Bertz CT molecular complexity index is 3190. The fourth-order valence-electron chi connectivity index (χ4n) is 8.38. The molecule has 1 atom stereocenters. The van der Waals surface area contributed by atoms with Crippen molar-refractivity contribution in [3.8, 4) is 33.7 Å². The molecule has 1 unspecified atom stereocenters. The van der Waals surface area contributed by atoms with Gasteiger partial charge in [-0.15, -0.1) is 0 Å². The molecular formula is C52H33NO2. The Hall–Kier alpha value is -7.23. The van der Waals surface area contributed by atoms with Gasteiger partial charge in [-0.2, -0.15) is 0 Å². The molecule has 3 heteroatoms. The summed E-state index contributed by atoms with van der Waals surface area (Å²) in [5, 5.41) is 6.74. The van der Waals surface area contributed by atoms with E-state index in [9.17, 15) is 0 Å². The first kappa shape index (κ1) is 31.3. The van der Waals surface area contributed by atoms with E-state index < -0.39 is 0 Å². The van der Waals surface area contributed by atoms with E-state index in [2.05, 4.69) is 152 Å². The smallest absolute Gasteiger partial charge is 0.227 e. The first-order chi connectivity index (χ1) is 27.2. The first-order valence-corrected chi connectivity index (χ1v) is 18.7. The minimum Gasteiger partial charge on any atom is -0.456 e. The topological polar surface area (TPSA) is 39.2 Å². The van der Waals surface area contributed by atoms with Crippen molar-refractivity contribution < 1.29 is 8.83 Å². The molecule has 0 saturated carbocycles. The minimum atomic E-state index is -0.0653. The van der Waals surface area contributed by atoms with E-state index in [-0.39, 0.29) is 5.92 Å². The third-order valence-corrected chi connectivity index (χ3v) is 11.0. The van der Waals surface area contributed by atoms with Gasteiger partial charge in [0, 0.05) is 27.6 Å². The maximum Gasteiger partial charge on any atom is 0.227 e. The quantitative estimate of drug-likeness (QED) is 0.128. The lowest BCUT2D eigenvalue weighted by molar-refractivity contribution is 0.623. The second-order valence-corrected chi connectivity index (χ2v) is 14.3. The second-order valence-electron chi connectivity index (χ2n) is 14.3. The molecule has 11 rings (SSSR count). The molecule has 0 aliphatic rings. The Morgan fingerprint density at radius 1 is 0.382 bits per heavy atom. The highest BCUT2D eigenvalue weighted by atomic mass is 16.3. The molecule has 55 heavy (non-hydrogen) atoms. The molecule has 2 heterocycles. The van der Waals surface area contributed by atoms with Crippen molar-refractivity contribution >= 4 is 54.6 Å². The number of nitrogens with zero attached hydrogens (tertiary/aromatic N) is 1. The van der Waals surface area contributed by atoms with E-state index >= 15 is 0 Å². The van der Waals surface area contributed by atoms with Gasteiger partial charge in [-0.1, -0.05) is 158 Å². The van der Waals surface area contributed by atoms with Crippen molar-refractivity contribution in [2.24, 2.45) is 0 Å². The lowest BCUT2D eigenvalue weighted by Gasteiger charge is -2.21. The molecule has 0 spiro atoms. The normalized spacial score (nSPS) is 12.3. The van der Waals surface area contributed by atoms with E-state index in [0.717, 1.165) is 60.1 Å². The third kappa shape index (κ3) is 5.32. The summed E-state index contributed by atoms with van der Waals surface area (Å²) >= 11 is 0. The molecule has 11 aromatic rings. The van der Waals surface area contributed by atoms with Crippen LogP contribution in [0.3, 0.4) is 0 Å². The van der Waals surface area contributed by atoms with Crippen molar-refractivity contribution in [2.75, 3.05) is 0 Å².